The monoisotopic (exact) mass is 437 g/mol. The van der Waals surface area contributed by atoms with E-state index in [1.807, 2.05) is 6.92 Å². The van der Waals surface area contributed by atoms with Crippen LogP contribution in [-0.2, 0) is 14.8 Å². The van der Waals surface area contributed by atoms with Crippen LogP contribution in [0.1, 0.15) is 31.7 Å². The van der Waals surface area contributed by atoms with Gasteiger partial charge in [0.2, 0.25) is 5.91 Å². The molecule has 0 fully saturated rings. The maximum Gasteiger partial charge on any atom is 0.387 e. The molecular formula is C20H21F2N3O4S. The molecule has 0 saturated heterocycles. The highest BCUT2D eigenvalue weighted by atomic mass is 32.2. The zero-order valence-corrected chi connectivity index (χ0v) is 17.0. The summed E-state index contributed by atoms with van der Waals surface area (Å²) >= 11 is 0. The summed E-state index contributed by atoms with van der Waals surface area (Å²) in [7, 11) is -3.72. The Balaban J connectivity index is 1.85. The van der Waals surface area contributed by atoms with E-state index in [0.29, 0.717) is 18.4 Å². The quantitative estimate of drug-likeness (QED) is 0.660. The Morgan fingerprint density at radius 2 is 1.97 bits per heavy atom. The summed E-state index contributed by atoms with van der Waals surface area (Å²) in [6.07, 6.45) is 1.90. The highest BCUT2D eigenvalue weighted by Crippen LogP contribution is 2.24. The Bertz CT molecular complexity index is 1060. The van der Waals surface area contributed by atoms with Crippen molar-refractivity contribution in [1.82, 2.24) is 4.72 Å². The topological polar surface area (TPSA) is 96.9 Å². The summed E-state index contributed by atoms with van der Waals surface area (Å²) in [6, 6.07) is 11.1. The number of amidine groups is 1. The van der Waals surface area contributed by atoms with Crippen LogP contribution in [0.15, 0.2) is 58.4 Å². The number of anilines is 1. The second-order valence-electron chi connectivity index (χ2n) is 6.63. The predicted molar refractivity (Wildman–Crippen MR) is 108 cm³/mol. The molecule has 1 aliphatic heterocycles. The highest BCUT2D eigenvalue weighted by Gasteiger charge is 2.31. The lowest BCUT2D eigenvalue weighted by molar-refractivity contribution is -0.117. The molecule has 1 aliphatic rings. The van der Waals surface area contributed by atoms with Gasteiger partial charge in [0, 0.05) is 17.3 Å². The molecule has 0 aliphatic carbocycles. The minimum absolute atomic E-state index is 0.0864. The average Bonchev–Trinajstić information content (AvgIpc) is 2.95. The number of hydrogen-bond donors (Lipinski definition) is 2. The molecule has 10 heteroatoms. The Morgan fingerprint density at radius 3 is 2.70 bits per heavy atom. The van der Waals surface area contributed by atoms with E-state index in [2.05, 4.69) is 19.8 Å². The van der Waals surface area contributed by atoms with E-state index in [1.165, 1.54) is 30.3 Å². The average molecular weight is 437 g/mol. The zero-order chi connectivity index (χ0) is 21.7. The van der Waals surface area contributed by atoms with Gasteiger partial charge in [0.1, 0.15) is 17.6 Å². The summed E-state index contributed by atoms with van der Waals surface area (Å²) < 4.78 is 56.1. The van der Waals surface area contributed by atoms with Crippen molar-refractivity contribution >= 4 is 27.5 Å². The van der Waals surface area contributed by atoms with Gasteiger partial charge in [-0.1, -0.05) is 38.0 Å². The van der Waals surface area contributed by atoms with Crippen LogP contribution in [-0.4, -0.2) is 32.8 Å². The van der Waals surface area contributed by atoms with Crippen LogP contribution in [0.3, 0.4) is 0 Å². The maximum absolute atomic E-state index is 12.8. The van der Waals surface area contributed by atoms with Gasteiger partial charge >= 0.3 is 6.61 Å². The molecule has 2 N–H and O–H groups in total. The van der Waals surface area contributed by atoms with Crippen molar-refractivity contribution in [2.75, 3.05) is 5.32 Å². The summed E-state index contributed by atoms with van der Waals surface area (Å²) in [4.78, 5) is 17.3. The SMILES string of the molecule is CCCCC(N=C1NS(=O)(=O)c2ccccc21)C(=O)Nc1cccc(OC(F)F)c1. The van der Waals surface area contributed by atoms with E-state index in [4.69, 9.17) is 0 Å². The third kappa shape index (κ3) is 5.12. The van der Waals surface area contributed by atoms with Crippen molar-refractivity contribution in [3.63, 3.8) is 0 Å². The number of hydrogen-bond acceptors (Lipinski definition) is 5. The minimum Gasteiger partial charge on any atom is -0.435 e. The van der Waals surface area contributed by atoms with Gasteiger partial charge < -0.3 is 10.1 Å². The molecule has 0 radical (unpaired) electrons. The summed E-state index contributed by atoms with van der Waals surface area (Å²) in [6.45, 7) is -1.02. The molecule has 1 amide bonds. The van der Waals surface area contributed by atoms with Crippen LogP contribution in [0.2, 0.25) is 0 Å². The number of nitrogens with zero attached hydrogens (tertiary/aromatic N) is 1. The van der Waals surface area contributed by atoms with E-state index in [-0.39, 0.29) is 22.2 Å². The van der Waals surface area contributed by atoms with Crippen LogP contribution in [0.4, 0.5) is 14.5 Å². The van der Waals surface area contributed by atoms with Crippen LogP contribution >= 0.6 is 0 Å². The van der Waals surface area contributed by atoms with Gasteiger partial charge in [-0.3, -0.25) is 14.5 Å². The molecule has 3 rings (SSSR count). The standard InChI is InChI=1S/C20H21F2N3O4S/c1-2-3-10-16(19(26)23-13-7-6-8-14(12-13)29-20(21)22)24-18-15-9-4-5-11-17(15)30(27,28)25-18/h4-9,11-12,16,20H,2-3,10H2,1H3,(H,23,26)(H,24,25). The van der Waals surface area contributed by atoms with E-state index in [0.717, 1.165) is 6.42 Å². The van der Waals surface area contributed by atoms with Crippen LogP contribution in [0.5, 0.6) is 5.75 Å². The first-order chi connectivity index (χ1) is 14.3. The number of sulfonamides is 1. The first-order valence-electron chi connectivity index (χ1n) is 9.36. The lowest BCUT2D eigenvalue weighted by Gasteiger charge is -2.14. The minimum atomic E-state index is -3.72. The number of carbonyl (C=O) groups excluding carboxylic acids is 1. The Labute approximate surface area is 173 Å². The maximum atomic E-state index is 12.8. The van der Waals surface area contributed by atoms with Crippen molar-refractivity contribution in [1.29, 1.82) is 0 Å². The molecular weight excluding hydrogens is 416 g/mol. The van der Waals surface area contributed by atoms with Crippen LogP contribution in [0.25, 0.3) is 0 Å². The number of unbranched alkanes of at least 4 members (excludes halogenated alkanes) is 1. The molecule has 1 heterocycles. The molecule has 0 bridgehead atoms. The van der Waals surface area contributed by atoms with E-state index >= 15 is 0 Å². The molecule has 0 spiro atoms. The number of aliphatic imine (C=N–C) groups is 1. The smallest absolute Gasteiger partial charge is 0.387 e. The lowest BCUT2D eigenvalue weighted by atomic mass is 10.1. The Kier molecular flexibility index (Phi) is 6.66. The second-order valence-corrected chi connectivity index (χ2v) is 8.28. The third-order valence-corrected chi connectivity index (χ3v) is 5.81. The molecule has 2 aromatic rings. The molecule has 1 unspecified atom stereocenters. The highest BCUT2D eigenvalue weighted by molar-refractivity contribution is 7.90. The Hall–Kier alpha value is -3.01. The summed E-state index contributed by atoms with van der Waals surface area (Å²) in [5.74, 6) is -0.456. The normalized spacial score (nSPS) is 16.7. The Morgan fingerprint density at radius 1 is 1.20 bits per heavy atom. The number of alkyl halides is 2. The third-order valence-electron chi connectivity index (χ3n) is 4.41. The largest absolute Gasteiger partial charge is 0.435 e. The summed E-state index contributed by atoms with van der Waals surface area (Å²) in [5, 5.41) is 2.64. The van der Waals surface area contributed by atoms with Crippen LogP contribution < -0.4 is 14.8 Å². The van der Waals surface area contributed by atoms with Gasteiger partial charge in [-0.05, 0) is 30.7 Å². The first kappa shape index (κ1) is 21.7. The van der Waals surface area contributed by atoms with Crippen molar-refractivity contribution in [2.45, 2.75) is 43.7 Å². The van der Waals surface area contributed by atoms with Gasteiger partial charge in [-0.15, -0.1) is 0 Å². The van der Waals surface area contributed by atoms with Gasteiger partial charge in [-0.25, -0.2) is 8.42 Å². The van der Waals surface area contributed by atoms with Gasteiger partial charge in [0.05, 0.1) is 4.90 Å². The zero-order valence-electron chi connectivity index (χ0n) is 16.1. The number of nitrogens with one attached hydrogen (secondary N) is 2. The van der Waals surface area contributed by atoms with Crippen LogP contribution in [0, 0.1) is 0 Å². The first-order valence-corrected chi connectivity index (χ1v) is 10.8. The number of amides is 1. The number of halogens is 2. The fourth-order valence-corrected chi connectivity index (χ4v) is 4.25. The number of rotatable bonds is 8. The molecule has 30 heavy (non-hydrogen) atoms. The van der Waals surface area contributed by atoms with Gasteiger partial charge in [0.25, 0.3) is 10.0 Å². The molecule has 0 saturated carbocycles. The molecule has 1 atom stereocenters. The van der Waals surface area contributed by atoms with Crippen molar-refractivity contribution < 1.29 is 26.7 Å². The fourth-order valence-electron chi connectivity index (χ4n) is 3.01. The summed E-state index contributed by atoms with van der Waals surface area (Å²) in [5.41, 5.74) is 0.673. The molecule has 160 valence electrons. The number of fused-ring (bicyclic) bond motifs is 1. The lowest BCUT2D eigenvalue weighted by Crippen LogP contribution is -2.30. The predicted octanol–water partition coefficient (Wildman–Crippen LogP) is 3.52. The van der Waals surface area contributed by atoms with E-state index < -0.39 is 28.6 Å². The molecule has 7 nitrogen and oxygen atoms in total. The van der Waals surface area contributed by atoms with Crippen molar-refractivity contribution in [3.8, 4) is 5.75 Å². The molecule has 0 aromatic heterocycles. The second kappa shape index (κ2) is 9.21. The van der Waals surface area contributed by atoms with Crippen molar-refractivity contribution in [2.24, 2.45) is 4.99 Å². The van der Waals surface area contributed by atoms with Gasteiger partial charge in [-0.2, -0.15) is 8.78 Å². The van der Waals surface area contributed by atoms with Gasteiger partial charge in [0.15, 0.2) is 0 Å². The van der Waals surface area contributed by atoms with E-state index in [1.54, 1.807) is 18.2 Å². The molecule has 2 aromatic carbocycles. The number of benzene rings is 2. The fraction of sp³-hybridized carbons (Fsp3) is 0.300. The van der Waals surface area contributed by atoms with Crippen molar-refractivity contribution in [3.05, 3.63) is 54.1 Å². The van der Waals surface area contributed by atoms with E-state index in [9.17, 15) is 22.0 Å². The number of ether oxygens (including phenoxy) is 1. The number of carbonyl (C=O) groups is 1.